The van der Waals surface area contributed by atoms with E-state index in [-0.39, 0.29) is 18.6 Å². The van der Waals surface area contributed by atoms with E-state index in [4.69, 9.17) is 15.2 Å². The fourth-order valence-electron chi connectivity index (χ4n) is 2.94. The molecule has 1 aliphatic heterocycles. The number of hydrogen-bond donors (Lipinski definition) is 1. The molecule has 0 saturated heterocycles. The highest BCUT2D eigenvalue weighted by molar-refractivity contribution is 5.97. The Morgan fingerprint density at radius 2 is 1.96 bits per heavy atom. The first-order valence-electron chi connectivity index (χ1n) is 9.07. The van der Waals surface area contributed by atoms with E-state index in [2.05, 4.69) is 6.92 Å². The molecule has 1 atom stereocenters. The van der Waals surface area contributed by atoms with Gasteiger partial charge in [0.25, 0.3) is 5.91 Å². The Labute approximate surface area is 154 Å². The van der Waals surface area contributed by atoms with Gasteiger partial charge in [-0.1, -0.05) is 23.8 Å². The molecule has 5 nitrogen and oxygen atoms in total. The maximum atomic E-state index is 12.3. The van der Waals surface area contributed by atoms with Gasteiger partial charge in [0, 0.05) is 12.6 Å². The molecule has 0 radical (unpaired) electrons. The molecule has 2 aromatic carbocycles. The molecule has 5 heteroatoms. The predicted molar refractivity (Wildman–Crippen MR) is 103 cm³/mol. The third-order valence-electron chi connectivity index (χ3n) is 4.52. The summed E-state index contributed by atoms with van der Waals surface area (Å²) in [5.41, 5.74) is 9.00. The number of ether oxygens (including phenoxy) is 2. The maximum absolute atomic E-state index is 12.3. The number of unbranched alkanes of at least 4 members (excludes halogenated alkanes) is 1. The van der Waals surface area contributed by atoms with Crippen molar-refractivity contribution in [3.05, 3.63) is 53.6 Å². The molecule has 138 valence electrons. The van der Waals surface area contributed by atoms with Gasteiger partial charge in [-0.2, -0.15) is 0 Å². The molecule has 26 heavy (non-hydrogen) atoms. The van der Waals surface area contributed by atoms with Gasteiger partial charge in [-0.25, -0.2) is 0 Å². The zero-order valence-electron chi connectivity index (χ0n) is 15.4. The summed E-state index contributed by atoms with van der Waals surface area (Å²) in [5.74, 6) is 1.61. The zero-order valence-corrected chi connectivity index (χ0v) is 15.4. The molecule has 3 rings (SSSR count). The molecular weight excluding hydrogens is 328 g/mol. The van der Waals surface area contributed by atoms with Gasteiger partial charge < -0.3 is 20.1 Å². The Morgan fingerprint density at radius 1 is 1.19 bits per heavy atom. The summed E-state index contributed by atoms with van der Waals surface area (Å²) in [7, 11) is 0. The van der Waals surface area contributed by atoms with E-state index < -0.39 is 0 Å². The number of fused-ring (bicyclic) bond motifs is 1. The van der Waals surface area contributed by atoms with Crippen LogP contribution in [-0.2, 0) is 4.79 Å². The average Bonchev–Trinajstić information content (AvgIpc) is 2.64. The van der Waals surface area contributed by atoms with Gasteiger partial charge in [0.15, 0.2) is 6.61 Å². The van der Waals surface area contributed by atoms with Crippen LogP contribution in [0.4, 0.5) is 5.69 Å². The van der Waals surface area contributed by atoms with Crippen LogP contribution in [0.25, 0.3) is 0 Å². The number of amides is 1. The minimum absolute atomic E-state index is 0.0150. The minimum atomic E-state index is -0.0814. The number of aryl methyl sites for hydroxylation is 1. The maximum Gasteiger partial charge on any atom is 0.265 e. The van der Waals surface area contributed by atoms with Gasteiger partial charge in [0.2, 0.25) is 0 Å². The Kier molecular flexibility index (Phi) is 5.78. The van der Waals surface area contributed by atoms with Crippen LogP contribution in [0, 0.1) is 6.92 Å². The molecule has 0 bridgehead atoms. The number of carbonyl (C=O) groups is 1. The molecule has 2 N–H and O–H groups in total. The molecule has 0 aliphatic carbocycles. The Balaban J connectivity index is 1.55. The predicted octanol–water partition coefficient (Wildman–Crippen LogP) is 3.60. The molecule has 0 saturated carbocycles. The monoisotopic (exact) mass is 354 g/mol. The lowest BCUT2D eigenvalue weighted by Crippen LogP contribution is -2.39. The lowest BCUT2D eigenvalue weighted by molar-refractivity contribution is -0.121. The van der Waals surface area contributed by atoms with Crippen molar-refractivity contribution in [2.75, 3.05) is 24.7 Å². The first-order valence-corrected chi connectivity index (χ1v) is 9.07. The minimum Gasteiger partial charge on any atom is -0.494 e. The van der Waals surface area contributed by atoms with Crippen LogP contribution < -0.4 is 20.1 Å². The average molecular weight is 354 g/mol. The van der Waals surface area contributed by atoms with Gasteiger partial charge in [-0.05, 0) is 56.5 Å². The van der Waals surface area contributed by atoms with Crippen LogP contribution >= 0.6 is 0 Å². The summed E-state index contributed by atoms with van der Waals surface area (Å²) in [5, 5.41) is 0. The number of benzene rings is 2. The summed E-state index contributed by atoms with van der Waals surface area (Å²) in [6.07, 6.45) is 1.74. The number of carbonyl (C=O) groups excluding carboxylic acids is 1. The van der Waals surface area contributed by atoms with Crippen LogP contribution in [0.2, 0.25) is 0 Å². The third-order valence-corrected chi connectivity index (χ3v) is 4.52. The van der Waals surface area contributed by atoms with E-state index in [0.29, 0.717) is 13.2 Å². The summed E-state index contributed by atoms with van der Waals surface area (Å²) < 4.78 is 11.3. The standard InChI is InChI=1S/C21H26N2O3/c1-15-5-8-18(9-6-15)25-12-4-3-11-23-19-13-17(16(2)22)7-10-20(19)26-14-21(23)24/h5-10,13,16H,3-4,11-12,14,22H2,1-2H3. The second-order valence-corrected chi connectivity index (χ2v) is 6.72. The van der Waals surface area contributed by atoms with Crippen LogP contribution in [0.15, 0.2) is 42.5 Å². The summed E-state index contributed by atoms with van der Waals surface area (Å²) >= 11 is 0. The zero-order chi connectivity index (χ0) is 18.5. The Bertz CT molecular complexity index is 756. The lowest BCUT2D eigenvalue weighted by atomic mass is 10.1. The van der Waals surface area contributed by atoms with Crippen molar-refractivity contribution in [3.63, 3.8) is 0 Å². The van der Waals surface area contributed by atoms with Crippen LogP contribution in [0.1, 0.15) is 36.9 Å². The summed E-state index contributed by atoms with van der Waals surface area (Å²) in [6, 6.07) is 13.8. The highest BCUT2D eigenvalue weighted by atomic mass is 16.5. The van der Waals surface area contributed by atoms with E-state index in [1.54, 1.807) is 4.90 Å². The lowest BCUT2D eigenvalue weighted by Gasteiger charge is -2.30. The van der Waals surface area contributed by atoms with Crippen molar-refractivity contribution in [2.45, 2.75) is 32.7 Å². The molecule has 2 aromatic rings. The van der Waals surface area contributed by atoms with Gasteiger partial charge in [-0.15, -0.1) is 0 Å². The largest absolute Gasteiger partial charge is 0.494 e. The van der Waals surface area contributed by atoms with E-state index in [1.807, 2.05) is 49.4 Å². The van der Waals surface area contributed by atoms with Crippen molar-refractivity contribution < 1.29 is 14.3 Å². The van der Waals surface area contributed by atoms with Crippen molar-refractivity contribution in [1.29, 1.82) is 0 Å². The number of hydrogen-bond acceptors (Lipinski definition) is 4. The van der Waals surface area contributed by atoms with Crippen LogP contribution in [0.5, 0.6) is 11.5 Å². The first-order chi connectivity index (χ1) is 12.5. The highest BCUT2D eigenvalue weighted by Crippen LogP contribution is 2.34. The second kappa shape index (κ2) is 8.23. The van der Waals surface area contributed by atoms with Gasteiger partial charge >= 0.3 is 0 Å². The fourth-order valence-corrected chi connectivity index (χ4v) is 2.94. The molecule has 1 unspecified atom stereocenters. The third kappa shape index (κ3) is 4.35. The number of anilines is 1. The number of nitrogens with two attached hydrogens (primary N) is 1. The molecule has 1 amide bonds. The number of nitrogens with zero attached hydrogens (tertiary/aromatic N) is 1. The molecule has 1 aliphatic rings. The number of rotatable bonds is 7. The first kappa shape index (κ1) is 18.3. The Hall–Kier alpha value is -2.53. The quantitative estimate of drug-likeness (QED) is 0.772. The topological polar surface area (TPSA) is 64.8 Å². The van der Waals surface area contributed by atoms with E-state index in [0.717, 1.165) is 35.6 Å². The van der Waals surface area contributed by atoms with Crippen molar-refractivity contribution in [2.24, 2.45) is 5.73 Å². The molecule has 0 spiro atoms. The SMILES string of the molecule is Cc1ccc(OCCCCN2C(=O)COc3ccc(C(C)N)cc32)cc1. The molecule has 0 aromatic heterocycles. The van der Waals surface area contributed by atoms with Crippen molar-refractivity contribution in [1.82, 2.24) is 0 Å². The highest BCUT2D eigenvalue weighted by Gasteiger charge is 2.25. The molecule has 1 heterocycles. The van der Waals surface area contributed by atoms with Crippen LogP contribution in [-0.4, -0.2) is 25.7 Å². The molecule has 0 fully saturated rings. The second-order valence-electron chi connectivity index (χ2n) is 6.72. The Morgan fingerprint density at radius 3 is 2.69 bits per heavy atom. The van der Waals surface area contributed by atoms with Gasteiger partial charge in [0.1, 0.15) is 11.5 Å². The van der Waals surface area contributed by atoms with Crippen molar-refractivity contribution in [3.8, 4) is 11.5 Å². The van der Waals surface area contributed by atoms with Gasteiger partial charge in [-0.3, -0.25) is 4.79 Å². The summed E-state index contributed by atoms with van der Waals surface area (Å²) in [6.45, 7) is 5.35. The molecular formula is C21H26N2O3. The van der Waals surface area contributed by atoms with Crippen LogP contribution in [0.3, 0.4) is 0 Å². The van der Waals surface area contributed by atoms with Gasteiger partial charge in [0.05, 0.1) is 12.3 Å². The fraction of sp³-hybridized carbons (Fsp3) is 0.381. The summed E-state index contributed by atoms with van der Waals surface area (Å²) in [4.78, 5) is 14.1. The smallest absolute Gasteiger partial charge is 0.265 e. The van der Waals surface area contributed by atoms with E-state index in [1.165, 1.54) is 5.56 Å². The van der Waals surface area contributed by atoms with Crippen molar-refractivity contribution >= 4 is 11.6 Å². The van der Waals surface area contributed by atoms with E-state index in [9.17, 15) is 4.79 Å². The van der Waals surface area contributed by atoms with E-state index >= 15 is 0 Å². The normalized spacial score (nSPS) is 14.6.